The summed E-state index contributed by atoms with van der Waals surface area (Å²) < 4.78 is 25.8. The van der Waals surface area contributed by atoms with Gasteiger partial charge in [0.2, 0.25) is 5.91 Å². The summed E-state index contributed by atoms with van der Waals surface area (Å²) in [6.07, 6.45) is 1.23. The Bertz CT molecular complexity index is 433. The Hall–Kier alpha value is -1.49. The molecule has 106 valence electrons. The number of nitrogens with two attached hydrogens (primary N) is 1. The second-order valence-corrected chi connectivity index (χ2v) is 4.71. The van der Waals surface area contributed by atoms with E-state index >= 15 is 0 Å². The highest BCUT2D eigenvalue weighted by Gasteiger charge is 2.15. The molecular weight excluding hydrogens is 250 g/mol. The number of halogens is 2. The summed E-state index contributed by atoms with van der Waals surface area (Å²) in [5, 5.41) is 0. The van der Waals surface area contributed by atoms with Crippen LogP contribution in [0, 0.1) is 17.6 Å². The van der Waals surface area contributed by atoms with Crippen molar-refractivity contribution in [2.24, 2.45) is 11.7 Å². The Kier molecular flexibility index (Phi) is 5.89. The Balaban J connectivity index is 2.60. The number of rotatable bonds is 6. The first-order chi connectivity index (χ1) is 8.97. The zero-order chi connectivity index (χ0) is 14.4. The highest BCUT2D eigenvalue weighted by molar-refractivity contribution is 5.76. The van der Waals surface area contributed by atoms with E-state index in [0.717, 1.165) is 18.6 Å². The van der Waals surface area contributed by atoms with Gasteiger partial charge in [0.15, 0.2) is 11.6 Å². The van der Waals surface area contributed by atoms with E-state index in [0.29, 0.717) is 18.5 Å². The molecule has 0 aliphatic carbocycles. The third-order valence-electron chi connectivity index (χ3n) is 3.20. The minimum absolute atomic E-state index is 0.0398. The minimum atomic E-state index is -0.897. The molecule has 0 fully saturated rings. The molecule has 0 aromatic heterocycles. The van der Waals surface area contributed by atoms with Gasteiger partial charge in [-0.25, -0.2) is 8.78 Å². The van der Waals surface area contributed by atoms with E-state index < -0.39 is 11.6 Å². The van der Waals surface area contributed by atoms with Gasteiger partial charge in [-0.15, -0.1) is 0 Å². The van der Waals surface area contributed by atoms with Crippen molar-refractivity contribution in [3.8, 4) is 0 Å². The predicted octanol–water partition coefficient (Wildman–Crippen LogP) is 2.30. The van der Waals surface area contributed by atoms with Gasteiger partial charge >= 0.3 is 0 Å². The number of carbonyl (C=O) groups is 1. The SMILES string of the molecule is CCC(CN)CC(=O)N(C)Cc1ccc(F)c(F)c1. The quantitative estimate of drug-likeness (QED) is 0.862. The first-order valence-corrected chi connectivity index (χ1v) is 6.35. The zero-order valence-corrected chi connectivity index (χ0v) is 11.3. The molecule has 1 aromatic carbocycles. The van der Waals surface area contributed by atoms with Gasteiger partial charge in [-0.2, -0.15) is 0 Å². The average molecular weight is 270 g/mol. The number of benzene rings is 1. The molecule has 1 aromatic rings. The molecule has 0 saturated carbocycles. The summed E-state index contributed by atoms with van der Waals surface area (Å²) in [5.41, 5.74) is 6.12. The third-order valence-corrected chi connectivity index (χ3v) is 3.20. The molecule has 1 amide bonds. The van der Waals surface area contributed by atoms with Crippen LogP contribution in [0.4, 0.5) is 8.78 Å². The number of amides is 1. The van der Waals surface area contributed by atoms with Crippen LogP contribution in [0.1, 0.15) is 25.3 Å². The van der Waals surface area contributed by atoms with Crippen molar-refractivity contribution in [2.45, 2.75) is 26.3 Å². The van der Waals surface area contributed by atoms with Gasteiger partial charge in [0.1, 0.15) is 0 Å². The van der Waals surface area contributed by atoms with Gasteiger partial charge in [0.05, 0.1) is 0 Å². The highest BCUT2D eigenvalue weighted by Crippen LogP contribution is 2.13. The number of carbonyl (C=O) groups excluding carboxylic acids is 1. The summed E-state index contributed by atoms with van der Waals surface area (Å²) in [6.45, 7) is 2.72. The molecule has 0 aliphatic heterocycles. The smallest absolute Gasteiger partial charge is 0.222 e. The first kappa shape index (κ1) is 15.6. The van der Waals surface area contributed by atoms with Gasteiger partial charge in [0.25, 0.3) is 0 Å². The van der Waals surface area contributed by atoms with Gasteiger partial charge in [-0.05, 0) is 30.2 Å². The molecule has 0 aliphatic rings. The lowest BCUT2D eigenvalue weighted by atomic mass is 10.0. The fraction of sp³-hybridized carbons (Fsp3) is 0.500. The fourth-order valence-corrected chi connectivity index (χ4v) is 1.80. The van der Waals surface area contributed by atoms with Gasteiger partial charge in [-0.1, -0.05) is 19.4 Å². The molecule has 1 atom stereocenters. The Morgan fingerprint density at radius 1 is 1.37 bits per heavy atom. The molecule has 0 saturated heterocycles. The number of hydrogen-bond acceptors (Lipinski definition) is 2. The molecular formula is C14H20F2N2O. The first-order valence-electron chi connectivity index (χ1n) is 6.35. The zero-order valence-electron chi connectivity index (χ0n) is 11.3. The van der Waals surface area contributed by atoms with Crippen LogP contribution in [0.15, 0.2) is 18.2 Å². The Morgan fingerprint density at radius 3 is 2.58 bits per heavy atom. The predicted molar refractivity (Wildman–Crippen MR) is 70.3 cm³/mol. The second kappa shape index (κ2) is 7.19. The van der Waals surface area contributed by atoms with E-state index in [1.165, 1.54) is 11.0 Å². The lowest BCUT2D eigenvalue weighted by molar-refractivity contribution is -0.131. The molecule has 1 unspecified atom stereocenters. The van der Waals surface area contributed by atoms with Crippen LogP contribution in [-0.4, -0.2) is 24.4 Å². The maximum absolute atomic E-state index is 13.1. The molecule has 2 N–H and O–H groups in total. The van der Waals surface area contributed by atoms with E-state index in [1.54, 1.807) is 7.05 Å². The minimum Gasteiger partial charge on any atom is -0.341 e. The fourth-order valence-electron chi connectivity index (χ4n) is 1.80. The van der Waals surface area contributed by atoms with Gasteiger partial charge in [0, 0.05) is 20.0 Å². The second-order valence-electron chi connectivity index (χ2n) is 4.71. The molecule has 3 nitrogen and oxygen atoms in total. The van der Waals surface area contributed by atoms with Crippen LogP contribution in [0.25, 0.3) is 0 Å². The maximum Gasteiger partial charge on any atom is 0.222 e. The standard InChI is InChI=1S/C14H20F2N2O/c1-3-10(8-17)7-14(19)18(2)9-11-4-5-12(15)13(16)6-11/h4-6,10H,3,7-9,17H2,1-2H3. The summed E-state index contributed by atoms with van der Waals surface area (Å²) in [6, 6.07) is 3.65. The van der Waals surface area contributed by atoms with Crippen molar-refractivity contribution >= 4 is 5.91 Å². The Labute approximate surface area is 112 Å². The number of nitrogens with zero attached hydrogens (tertiary/aromatic N) is 1. The molecule has 0 bridgehead atoms. The molecule has 0 radical (unpaired) electrons. The van der Waals surface area contributed by atoms with Crippen LogP contribution >= 0.6 is 0 Å². The van der Waals surface area contributed by atoms with Crippen molar-refractivity contribution in [3.05, 3.63) is 35.4 Å². The van der Waals surface area contributed by atoms with Crippen LogP contribution < -0.4 is 5.73 Å². The summed E-state index contributed by atoms with van der Waals surface area (Å²) in [4.78, 5) is 13.4. The average Bonchev–Trinajstić information content (AvgIpc) is 2.39. The highest BCUT2D eigenvalue weighted by atomic mass is 19.2. The van der Waals surface area contributed by atoms with Crippen LogP contribution in [0.2, 0.25) is 0 Å². The summed E-state index contributed by atoms with van der Waals surface area (Å²) in [7, 11) is 1.65. The monoisotopic (exact) mass is 270 g/mol. The van der Waals surface area contributed by atoms with Gasteiger partial charge < -0.3 is 10.6 Å². The van der Waals surface area contributed by atoms with Crippen LogP contribution in [0.3, 0.4) is 0 Å². The maximum atomic E-state index is 13.1. The molecule has 0 heterocycles. The molecule has 1 rings (SSSR count). The summed E-state index contributed by atoms with van der Waals surface area (Å²) in [5.74, 6) is -1.65. The van der Waals surface area contributed by atoms with E-state index in [4.69, 9.17) is 5.73 Å². The van der Waals surface area contributed by atoms with E-state index in [-0.39, 0.29) is 18.4 Å². The number of hydrogen-bond donors (Lipinski definition) is 1. The third kappa shape index (κ3) is 4.59. The van der Waals surface area contributed by atoms with Crippen LogP contribution in [0.5, 0.6) is 0 Å². The normalized spacial score (nSPS) is 12.3. The largest absolute Gasteiger partial charge is 0.341 e. The van der Waals surface area contributed by atoms with E-state index in [1.807, 2.05) is 6.92 Å². The molecule has 19 heavy (non-hydrogen) atoms. The van der Waals surface area contributed by atoms with Crippen LogP contribution in [-0.2, 0) is 11.3 Å². The van der Waals surface area contributed by atoms with Crippen molar-refractivity contribution in [1.29, 1.82) is 0 Å². The lowest BCUT2D eigenvalue weighted by Crippen LogP contribution is -2.29. The lowest BCUT2D eigenvalue weighted by Gasteiger charge is -2.20. The Morgan fingerprint density at radius 2 is 2.05 bits per heavy atom. The van der Waals surface area contributed by atoms with Crippen molar-refractivity contribution in [3.63, 3.8) is 0 Å². The molecule has 5 heteroatoms. The van der Waals surface area contributed by atoms with E-state index in [9.17, 15) is 13.6 Å². The van der Waals surface area contributed by atoms with Crippen molar-refractivity contribution < 1.29 is 13.6 Å². The topological polar surface area (TPSA) is 46.3 Å². The van der Waals surface area contributed by atoms with Crippen molar-refractivity contribution in [1.82, 2.24) is 4.90 Å². The van der Waals surface area contributed by atoms with Gasteiger partial charge in [-0.3, -0.25) is 4.79 Å². The van der Waals surface area contributed by atoms with E-state index in [2.05, 4.69) is 0 Å². The van der Waals surface area contributed by atoms with Crippen molar-refractivity contribution in [2.75, 3.05) is 13.6 Å². The molecule has 0 spiro atoms. The summed E-state index contributed by atoms with van der Waals surface area (Å²) >= 11 is 0.